The van der Waals surface area contributed by atoms with Crippen molar-refractivity contribution in [3.05, 3.63) is 35.7 Å². The van der Waals surface area contributed by atoms with Gasteiger partial charge in [-0.05, 0) is 53.8 Å². The molecule has 0 radical (unpaired) electrons. The van der Waals surface area contributed by atoms with Crippen LogP contribution in [0.4, 0.5) is 0 Å². The Morgan fingerprint density at radius 3 is 2.70 bits per heavy atom. The summed E-state index contributed by atoms with van der Waals surface area (Å²) >= 11 is 0. The highest BCUT2D eigenvalue weighted by atomic mass is 16.5. The molecule has 1 saturated heterocycles. The average molecular weight is 413 g/mol. The standard InChI is InChI=1S/C22H32N6O2/c1-3-20(29)27-14-6-13-22(16-27,23-15-17-9-11-19(30-2)12-10-17)21-24-25-26-28(21)18-7-4-5-8-18/h9-12,18,23H,3-8,13-16H2,1-2H3. The predicted octanol–water partition coefficient (Wildman–Crippen LogP) is 2.81. The molecule has 1 unspecified atom stereocenters. The lowest BCUT2D eigenvalue weighted by atomic mass is 9.87. The first-order valence-electron chi connectivity index (χ1n) is 11.1. The lowest BCUT2D eigenvalue weighted by Gasteiger charge is -2.43. The summed E-state index contributed by atoms with van der Waals surface area (Å²) in [5, 5.41) is 16.7. The molecule has 1 aromatic carbocycles. The molecule has 4 rings (SSSR count). The molecule has 0 bridgehead atoms. The fourth-order valence-electron chi connectivity index (χ4n) is 4.82. The third-order valence-electron chi connectivity index (χ3n) is 6.53. The van der Waals surface area contributed by atoms with E-state index in [1.165, 1.54) is 12.8 Å². The van der Waals surface area contributed by atoms with Gasteiger partial charge in [-0.1, -0.05) is 31.9 Å². The van der Waals surface area contributed by atoms with Crippen molar-refractivity contribution in [2.24, 2.45) is 0 Å². The smallest absolute Gasteiger partial charge is 0.222 e. The summed E-state index contributed by atoms with van der Waals surface area (Å²) < 4.78 is 7.31. The molecule has 1 saturated carbocycles. The van der Waals surface area contributed by atoms with E-state index >= 15 is 0 Å². The molecule has 2 aromatic rings. The predicted molar refractivity (Wildman–Crippen MR) is 113 cm³/mol. The van der Waals surface area contributed by atoms with Gasteiger partial charge in [-0.2, -0.15) is 0 Å². The Morgan fingerprint density at radius 1 is 1.23 bits per heavy atom. The molecule has 1 amide bonds. The van der Waals surface area contributed by atoms with Crippen molar-refractivity contribution in [2.45, 2.75) is 70.0 Å². The molecule has 8 nitrogen and oxygen atoms in total. The summed E-state index contributed by atoms with van der Waals surface area (Å²) in [5.74, 6) is 1.90. The highest BCUT2D eigenvalue weighted by Crippen LogP contribution is 2.36. The van der Waals surface area contributed by atoms with E-state index in [4.69, 9.17) is 4.74 Å². The van der Waals surface area contributed by atoms with Gasteiger partial charge in [0.25, 0.3) is 0 Å². The Balaban J connectivity index is 1.63. The molecular weight excluding hydrogens is 380 g/mol. The monoisotopic (exact) mass is 412 g/mol. The number of likely N-dealkylation sites (tertiary alicyclic amines) is 1. The van der Waals surface area contributed by atoms with Crippen LogP contribution in [0.2, 0.25) is 0 Å². The van der Waals surface area contributed by atoms with E-state index in [2.05, 4.69) is 33.0 Å². The highest BCUT2D eigenvalue weighted by Gasteiger charge is 2.43. The number of methoxy groups -OCH3 is 1. The molecular formula is C22H32N6O2. The van der Waals surface area contributed by atoms with Crippen LogP contribution in [-0.4, -0.2) is 51.2 Å². The zero-order chi connectivity index (χ0) is 21.0. The second kappa shape index (κ2) is 9.12. The van der Waals surface area contributed by atoms with Crippen LogP contribution >= 0.6 is 0 Å². The van der Waals surface area contributed by atoms with Gasteiger partial charge in [-0.25, -0.2) is 4.68 Å². The van der Waals surface area contributed by atoms with Crippen molar-refractivity contribution >= 4 is 5.91 Å². The Hall–Kier alpha value is -2.48. The number of amides is 1. The van der Waals surface area contributed by atoms with Crippen molar-refractivity contribution < 1.29 is 9.53 Å². The van der Waals surface area contributed by atoms with Crippen molar-refractivity contribution in [2.75, 3.05) is 20.2 Å². The molecule has 1 aliphatic heterocycles. The van der Waals surface area contributed by atoms with E-state index in [0.717, 1.165) is 49.4 Å². The van der Waals surface area contributed by atoms with E-state index in [9.17, 15) is 4.79 Å². The number of aromatic nitrogens is 4. The first kappa shape index (κ1) is 20.8. The quantitative estimate of drug-likeness (QED) is 0.753. The van der Waals surface area contributed by atoms with Gasteiger partial charge < -0.3 is 9.64 Å². The summed E-state index contributed by atoms with van der Waals surface area (Å²) in [7, 11) is 1.67. The number of hydrogen-bond donors (Lipinski definition) is 1. The Labute approximate surface area is 178 Å². The number of tetrazole rings is 1. The fraction of sp³-hybridized carbons (Fsp3) is 0.636. The van der Waals surface area contributed by atoms with Crippen LogP contribution in [0.3, 0.4) is 0 Å². The number of carbonyl (C=O) groups excluding carboxylic acids is 1. The van der Waals surface area contributed by atoms with Gasteiger partial charge in [0.05, 0.1) is 18.7 Å². The van der Waals surface area contributed by atoms with Crippen molar-refractivity contribution in [3.8, 4) is 5.75 Å². The highest BCUT2D eigenvalue weighted by molar-refractivity contribution is 5.76. The number of benzene rings is 1. The summed E-state index contributed by atoms with van der Waals surface area (Å²) in [6, 6.07) is 8.43. The Bertz CT molecular complexity index is 846. The van der Waals surface area contributed by atoms with Gasteiger partial charge in [0.1, 0.15) is 5.75 Å². The molecule has 0 spiro atoms. The average Bonchev–Trinajstić information content (AvgIpc) is 3.49. The van der Waals surface area contributed by atoms with E-state index in [0.29, 0.717) is 25.6 Å². The van der Waals surface area contributed by atoms with Gasteiger partial charge in [-0.3, -0.25) is 10.1 Å². The molecule has 1 aliphatic carbocycles. The van der Waals surface area contributed by atoms with Crippen molar-refractivity contribution in [1.29, 1.82) is 0 Å². The van der Waals surface area contributed by atoms with Crippen LogP contribution in [0.25, 0.3) is 0 Å². The Kier molecular flexibility index (Phi) is 6.32. The molecule has 2 fully saturated rings. The molecule has 162 valence electrons. The van der Waals surface area contributed by atoms with E-state index in [-0.39, 0.29) is 5.91 Å². The topological polar surface area (TPSA) is 85.2 Å². The molecule has 2 heterocycles. The maximum absolute atomic E-state index is 12.5. The van der Waals surface area contributed by atoms with E-state index in [1.54, 1.807) is 7.11 Å². The number of nitrogens with one attached hydrogen (secondary N) is 1. The molecule has 1 N–H and O–H groups in total. The molecule has 1 atom stereocenters. The minimum absolute atomic E-state index is 0.185. The third-order valence-corrected chi connectivity index (χ3v) is 6.53. The van der Waals surface area contributed by atoms with Crippen LogP contribution in [0, 0.1) is 0 Å². The van der Waals surface area contributed by atoms with E-state index < -0.39 is 5.54 Å². The second-order valence-electron chi connectivity index (χ2n) is 8.44. The van der Waals surface area contributed by atoms with Crippen LogP contribution in [0.1, 0.15) is 69.3 Å². The van der Waals surface area contributed by atoms with Crippen LogP contribution in [-0.2, 0) is 16.9 Å². The fourth-order valence-corrected chi connectivity index (χ4v) is 4.82. The number of piperidine rings is 1. The number of ether oxygens (including phenoxy) is 1. The summed E-state index contributed by atoms with van der Waals surface area (Å²) in [6.07, 6.45) is 7.02. The molecule has 30 heavy (non-hydrogen) atoms. The van der Waals surface area contributed by atoms with Gasteiger partial charge in [0.2, 0.25) is 5.91 Å². The zero-order valence-electron chi connectivity index (χ0n) is 18.0. The minimum atomic E-state index is -0.449. The first-order valence-corrected chi connectivity index (χ1v) is 11.1. The maximum Gasteiger partial charge on any atom is 0.222 e. The summed E-state index contributed by atoms with van der Waals surface area (Å²) in [4.78, 5) is 14.5. The molecule has 1 aromatic heterocycles. The van der Waals surface area contributed by atoms with Gasteiger partial charge in [0.15, 0.2) is 5.82 Å². The zero-order valence-corrected chi connectivity index (χ0v) is 18.0. The SMILES string of the molecule is CCC(=O)N1CCCC(NCc2ccc(OC)cc2)(c2nnnn2C2CCCC2)C1. The van der Waals surface area contributed by atoms with Gasteiger partial charge >= 0.3 is 0 Å². The number of carbonyl (C=O) groups is 1. The largest absolute Gasteiger partial charge is 0.497 e. The summed E-state index contributed by atoms with van der Waals surface area (Å²) in [6.45, 7) is 3.99. The lowest BCUT2D eigenvalue weighted by molar-refractivity contribution is -0.133. The number of nitrogens with zero attached hydrogens (tertiary/aromatic N) is 5. The van der Waals surface area contributed by atoms with Crippen molar-refractivity contribution in [3.63, 3.8) is 0 Å². The second-order valence-corrected chi connectivity index (χ2v) is 8.44. The molecule has 2 aliphatic rings. The normalized spacial score (nSPS) is 22.4. The summed E-state index contributed by atoms with van der Waals surface area (Å²) in [5.41, 5.74) is 0.712. The van der Waals surface area contributed by atoms with Gasteiger partial charge in [-0.15, -0.1) is 5.10 Å². The molecule has 8 heteroatoms. The lowest BCUT2D eigenvalue weighted by Crippen LogP contribution is -2.57. The first-order chi connectivity index (χ1) is 14.6. The van der Waals surface area contributed by atoms with Crippen LogP contribution in [0.15, 0.2) is 24.3 Å². The Morgan fingerprint density at radius 2 is 2.00 bits per heavy atom. The van der Waals surface area contributed by atoms with Crippen LogP contribution < -0.4 is 10.1 Å². The van der Waals surface area contributed by atoms with Crippen LogP contribution in [0.5, 0.6) is 5.75 Å². The number of rotatable bonds is 7. The van der Waals surface area contributed by atoms with Crippen molar-refractivity contribution in [1.82, 2.24) is 30.4 Å². The minimum Gasteiger partial charge on any atom is -0.497 e. The van der Waals surface area contributed by atoms with Gasteiger partial charge in [0, 0.05) is 26.1 Å². The number of hydrogen-bond acceptors (Lipinski definition) is 6. The third kappa shape index (κ3) is 4.19. The maximum atomic E-state index is 12.5. The van der Waals surface area contributed by atoms with E-state index in [1.807, 2.05) is 28.6 Å².